The Balaban J connectivity index is 2.79. The molecule has 0 spiro atoms. The topological polar surface area (TPSA) is 88.1 Å². The Bertz CT molecular complexity index is 603. The number of carboxylic acid groups (broad SMARTS) is 1. The third kappa shape index (κ3) is 4.32. The number of nitrogens with zero attached hydrogens (tertiary/aromatic N) is 3. The molecule has 0 aromatic heterocycles. The van der Waals surface area contributed by atoms with Gasteiger partial charge in [0.15, 0.2) is 0 Å². The molecule has 0 aliphatic carbocycles. The second-order valence-corrected chi connectivity index (χ2v) is 3.99. The van der Waals surface area contributed by atoms with E-state index in [1.165, 1.54) is 24.4 Å². The van der Waals surface area contributed by atoms with Crippen molar-refractivity contribution < 1.29 is 9.90 Å². The predicted molar refractivity (Wildman–Crippen MR) is 74.4 cm³/mol. The van der Waals surface area contributed by atoms with Gasteiger partial charge in [0.1, 0.15) is 6.54 Å². The van der Waals surface area contributed by atoms with Gasteiger partial charge in [-0.3, -0.25) is 0 Å². The van der Waals surface area contributed by atoms with Crippen LogP contribution in [0, 0.1) is 22.7 Å². The minimum absolute atomic E-state index is 0.143. The van der Waals surface area contributed by atoms with Gasteiger partial charge < -0.3 is 10.0 Å². The quantitative estimate of drug-likeness (QED) is 0.631. The van der Waals surface area contributed by atoms with Crippen LogP contribution in [0.25, 0.3) is 5.57 Å². The van der Waals surface area contributed by atoms with E-state index in [9.17, 15) is 4.79 Å². The Morgan fingerprint density at radius 3 is 2.40 bits per heavy atom. The summed E-state index contributed by atoms with van der Waals surface area (Å²) >= 11 is 0. The highest BCUT2D eigenvalue weighted by molar-refractivity contribution is 5.88. The van der Waals surface area contributed by atoms with Crippen molar-refractivity contribution in [3.05, 3.63) is 54.2 Å². The van der Waals surface area contributed by atoms with Crippen LogP contribution in [-0.2, 0) is 0 Å². The lowest BCUT2D eigenvalue weighted by Gasteiger charge is -2.18. The average Bonchev–Trinajstić information content (AvgIpc) is 2.45. The minimum atomic E-state index is -0.981. The maximum absolute atomic E-state index is 10.8. The molecule has 0 radical (unpaired) electrons. The van der Waals surface area contributed by atoms with Crippen LogP contribution < -0.4 is 0 Å². The number of allylic oxidation sites excluding steroid dienone is 1. The van der Waals surface area contributed by atoms with Gasteiger partial charge in [0.2, 0.25) is 0 Å². The molecule has 5 nitrogen and oxygen atoms in total. The Morgan fingerprint density at radius 2 is 1.90 bits per heavy atom. The maximum atomic E-state index is 10.8. The minimum Gasteiger partial charge on any atom is -0.478 e. The fourth-order valence-corrected chi connectivity index (χ4v) is 1.58. The van der Waals surface area contributed by atoms with E-state index in [4.69, 9.17) is 15.6 Å². The van der Waals surface area contributed by atoms with Crippen molar-refractivity contribution in [1.82, 2.24) is 4.90 Å². The summed E-state index contributed by atoms with van der Waals surface area (Å²) in [5.74, 6) is -0.981. The van der Waals surface area contributed by atoms with Crippen molar-refractivity contribution in [3.63, 3.8) is 0 Å². The van der Waals surface area contributed by atoms with Crippen molar-refractivity contribution >= 4 is 11.5 Å². The Morgan fingerprint density at radius 1 is 1.30 bits per heavy atom. The predicted octanol–water partition coefficient (Wildman–Crippen LogP) is 2.26. The van der Waals surface area contributed by atoms with Crippen molar-refractivity contribution in [2.45, 2.75) is 0 Å². The van der Waals surface area contributed by atoms with Gasteiger partial charge in [-0.15, -0.1) is 0 Å². The van der Waals surface area contributed by atoms with Crippen molar-refractivity contribution in [1.29, 1.82) is 10.5 Å². The Hall–Kier alpha value is -3.05. The van der Waals surface area contributed by atoms with Crippen LogP contribution in [0.4, 0.5) is 0 Å². The normalized spacial score (nSPS) is 9.70. The SMILES string of the molecule is C=C(CN(C=CC#N)CC#N)c1ccc(C(=O)O)cc1. The highest BCUT2D eigenvalue weighted by Crippen LogP contribution is 2.15. The van der Waals surface area contributed by atoms with E-state index in [2.05, 4.69) is 6.58 Å². The van der Waals surface area contributed by atoms with Crippen LogP contribution in [0.3, 0.4) is 0 Å². The summed E-state index contributed by atoms with van der Waals surface area (Å²) in [5, 5.41) is 26.0. The molecule has 0 heterocycles. The molecule has 0 saturated heterocycles. The Kier molecular flexibility index (Phi) is 5.55. The zero-order valence-electron chi connectivity index (χ0n) is 10.8. The highest BCUT2D eigenvalue weighted by atomic mass is 16.4. The molecule has 0 amide bonds. The molecular formula is C15H13N3O2. The third-order valence-corrected chi connectivity index (χ3v) is 2.57. The largest absolute Gasteiger partial charge is 0.478 e. The molecule has 0 aliphatic heterocycles. The van der Waals surface area contributed by atoms with Gasteiger partial charge in [-0.25, -0.2) is 4.79 Å². The van der Waals surface area contributed by atoms with E-state index in [-0.39, 0.29) is 12.1 Å². The number of rotatable bonds is 6. The number of benzene rings is 1. The zero-order chi connectivity index (χ0) is 15.0. The van der Waals surface area contributed by atoms with Gasteiger partial charge in [-0.1, -0.05) is 18.7 Å². The summed E-state index contributed by atoms with van der Waals surface area (Å²) < 4.78 is 0. The molecule has 5 heteroatoms. The number of hydrogen-bond acceptors (Lipinski definition) is 4. The summed E-state index contributed by atoms with van der Waals surface area (Å²) in [7, 11) is 0. The molecule has 1 rings (SSSR count). The van der Waals surface area contributed by atoms with E-state index in [0.29, 0.717) is 6.54 Å². The van der Waals surface area contributed by atoms with Crippen LogP contribution in [0.5, 0.6) is 0 Å². The molecule has 0 atom stereocenters. The van der Waals surface area contributed by atoms with Crippen molar-refractivity contribution in [2.24, 2.45) is 0 Å². The van der Waals surface area contributed by atoms with E-state index in [1.54, 1.807) is 17.0 Å². The fourth-order valence-electron chi connectivity index (χ4n) is 1.58. The first-order valence-corrected chi connectivity index (χ1v) is 5.77. The zero-order valence-corrected chi connectivity index (χ0v) is 10.8. The fraction of sp³-hybridized carbons (Fsp3) is 0.133. The van der Waals surface area contributed by atoms with Gasteiger partial charge in [-0.05, 0) is 23.3 Å². The summed E-state index contributed by atoms with van der Waals surface area (Å²) in [6.45, 7) is 4.44. The van der Waals surface area contributed by atoms with Crippen LogP contribution >= 0.6 is 0 Å². The van der Waals surface area contributed by atoms with Gasteiger partial charge in [0.25, 0.3) is 0 Å². The monoisotopic (exact) mass is 267 g/mol. The number of hydrogen-bond donors (Lipinski definition) is 1. The van der Waals surface area contributed by atoms with Gasteiger partial charge in [0.05, 0.1) is 17.7 Å². The van der Waals surface area contributed by atoms with E-state index < -0.39 is 5.97 Å². The first-order valence-electron chi connectivity index (χ1n) is 5.77. The first kappa shape index (κ1) is 15.0. The number of aromatic carboxylic acids is 1. The summed E-state index contributed by atoms with van der Waals surface area (Å²) in [5.41, 5.74) is 1.74. The summed E-state index contributed by atoms with van der Waals surface area (Å²) in [6.07, 6.45) is 2.82. The van der Waals surface area contributed by atoms with Gasteiger partial charge >= 0.3 is 5.97 Å². The lowest BCUT2D eigenvalue weighted by Crippen LogP contribution is -2.19. The second kappa shape index (κ2) is 7.40. The molecule has 0 saturated carbocycles. The van der Waals surface area contributed by atoms with E-state index in [1.807, 2.05) is 12.1 Å². The van der Waals surface area contributed by atoms with Crippen LogP contribution in [0.1, 0.15) is 15.9 Å². The highest BCUT2D eigenvalue weighted by Gasteiger charge is 2.06. The van der Waals surface area contributed by atoms with Gasteiger partial charge in [-0.2, -0.15) is 10.5 Å². The smallest absolute Gasteiger partial charge is 0.335 e. The molecular weight excluding hydrogens is 254 g/mol. The summed E-state index contributed by atoms with van der Waals surface area (Å²) in [4.78, 5) is 12.4. The average molecular weight is 267 g/mol. The van der Waals surface area contributed by atoms with Gasteiger partial charge in [0, 0.05) is 18.8 Å². The lowest BCUT2D eigenvalue weighted by molar-refractivity contribution is 0.0697. The number of nitriles is 2. The number of carboxylic acids is 1. The molecule has 1 aromatic rings. The number of carbonyl (C=O) groups is 1. The van der Waals surface area contributed by atoms with Crippen molar-refractivity contribution in [3.8, 4) is 12.1 Å². The van der Waals surface area contributed by atoms with E-state index >= 15 is 0 Å². The molecule has 20 heavy (non-hydrogen) atoms. The summed E-state index contributed by atoms with van der Waals surface area (Å²) in [6, 6.07) is 10.2. The van der Waals surface area contributed by atoms with Crippen LogP contribution in [-0.4, -0.2) is 29.1 Å². The Labute approximate surface area is 117 Å². The molecule has 1 N–H and O–H groups in total. The van der Waals surface area contributed by atoms with E-state index in [0.717, 1.165) is 11.1 Å². The standard InChI is InChI=1S/C15H13N3O2/c1-12(11-18(10-8-17)9-2-7-16)13-3-5-14(6-4-13)15(19)20/h2-6,9H,1,10-11H2,(H,19,20). The maximum Gasteiger partial charge on any atom is 0.335 e. The molecule has 100 valence electrons. The second-order valence-electron chi connectivity index (χ2n) is 3.99. The molecule has 0 unspecified atom stereocenters. The first-order chi connectivity index (χ1) is 9.58. The molecule has 1 aromatic carbocycles. The third-order valence-electron chi connectivity index (χ3n) is 2.57. The molecule has 0 fully saturated rings. The van der Waals surface area contributed by atoms with Crippen LogP contribution in [0.15, 0.2) is 43.1 Å². The molecule has 0 bridgehead atoms. The van der Waals surface area contributed by atoms with Crippen LogP contribution in [0.2, 0.25) is 0 Å². The lowest BCUT2D eigenvalue weighted by atomic mass is 10.1. The van der Waals surface area contributed by atoms with Crippen molar-refractivity contribution in [2.75, 3.05) is 13.1 Å². The molecule has 0 aliphatic rings.